The van der Waals surface area contributed by atoms with E-state index in [1.165, 1.54) is 69.4 Å². The largest absolute Gasteiger partial charge is 0.369 e. The maximum Gasteiger partial charge on any atom is 0.0367 e. The molecule has 0 amide bonds. The van der Waals surface area contributed by atoms with Gasteiger partial charge in [-0.2, -0.15) is 0 Å². The fourth-order valence-electron chi connectivity index (χ4n) is 3.74. The van der Waals surface area contributed by atoms with Crippen molar-refractivity contribution in [2.24, 2.45) is 5.41 Å². The van der Waals surface area contributed by atoms with Gasteiger partial charge in [0.1, 0.15) is 0 Å². The van der Waals surface area contributed by atoms with Crippen LogP contribution in [0.4, 0.5) is 5.69 Å². The maximum atomic E-state index is 3.77. The molecule has 3 rings (SSSR count). The predicted octanol–water partition coefficient (Wildman–Crippen LogP) is 3.76. The minimum Gasteiger partial charge on any atom is -0.369 e. The van der Waals surface area contributed by atoms with E-state index in [0.717, 1.165) is 0 Å². The van der Waals surface area contributed by atoms with Crippen LogP contribution in [0.2, 0.25) is 0 Å². The van der Waals surface area contributed by atoms with Gasteiger partial charge in [0.25, 0.3) is 0 Å². The van der Waals surface area contributed by atoms with Gasteiger partial charge in [-0.15, -0.1) is 0 Å². The van der Waals surface area contributed by atoms with Crippen LogP contribution in [0.25, 0.3) is 0 Å². The molecule has 1 aliphatic heterocycles. The van der Waals surface area contributed by atoms with E-state index < -0.39 is 0 Å². The second-order valence-corrected chi connectivity index (χ2v) is 7.00. The molecule has 3 heteroatoms. The number of hydrogen-bond acceptors (Lipinski definition) is 2. The molecule has 2 nitrogen and oxygen atoms in total. The number of halogens is 1. The molecule has 0 N–H and O–H groups in total. The van der Waals surface area contributed by atoms with Crippen molar-refractivity contribution >= 4 is 21.6 Å². The third-order valence-corrected chi connectivity index (χ3v) is 6.19. The van der Waals surface area contributed by atoms with Gasteiger partial charge in [0.2, 0.25) is 0 Å². The Labute approximate surface area is 131 Å². The lowest BCUT2D eigenvalue weighted by Gasteiger charge is -2.40. The molecular formula is C17H25BrN2. The Morgan fingerprint density at radius 3 is 2.20 bits per heavy atom. The van der Waals surface area contributed by atoms with Crippen molar-refractivity contribution in [2.45, 2.75) is 25.7 Å². The highest BCUT2D eigenvalue weighted by atomic mass is 79.9. The van der Waals surface area contributed by atoms with Crippen molar-refractivity contribution in [1.29, 1.82) is 0 Å². The van der Waals surface area contributed by atoms with Gasteiger partial charge in [-0.05, 0) is 30.4 Å². The van der Waals surface area contributed by atoms with Gasteiger partial charge < -0.3 is 4.90 Å². The molecule has 2 fully saturated rings. The first-order valence-electron chi connectivity index (χ1n) is 7.90. The topological polar surface area (TPSA) is 6.48 Å². The highest BCUT2D eigenvalue weighted by molar-refractivity contribution is 9.09. The molecule has 20 heavy (non-hydrogen) atoms. The van der Waals surface area contributed by atoms with Crippen LogP contribution < -0.4 is 4.90 Å². The Balaban J connectivity index is 1.54. The monoisotopic (exact) mass is 336 g/mol. The summed E-state index contributed by atoms with van der Waals surface area (Å²) in [5.41, 5.74) is 1.94. The van der Waals surface area contributed by atoms with Crippen LogP contribution in [0.1, 0.15) is 25.7 Å². The summed E-state index contributed by atoms with van der Waals surface area (Å²) in [6.07, 6.45) is 5.68. The average molecular weight is 337 g/mol. The third kappa shape index (κ3) is 3.20. The van der Waals surface area contributed by atoms with Crippen LogP contribution in [0, 0.1) is 5.41 Å². The molecule has 0 spiro atoms. The quantitative estimate of drug-likeness (QED) is 0.772. The summed E-state index contributed by atoms with van der Waals surface area (Å²) in [6, 6.07) is 10.8. The summed E-state index contributed by atoms with van der Waals surface area (Å²) < 4.78 is 0. The van der Waals surface area contributed by atoms with Gasteiger partial charge in [0.15, 0.2) is 0 Å². The Morgan fingerprint density at radius 2 is 1.60 bits per heavy atom. The molecule has 1 aromatic rings. The fourth-order valence-corrected chi connectivity index (χ4v) is 4.47. The van der Waals surface area contributed by atoms with E-state index in [-0.39, 0.29) is 0 Å². The molecule has 0 bridgehead atoms. The minimum atomic E-state index is 0.564. The van der Waals surface area contributed by atoms with E-state index >= 15 is 0 Å². The van der Waals surface area contributed by atoms with Gasteiger partial charge in [-0.25, -0.2) is 0 Å². The predicted molar refractivity (Wildman–Crippen MR) is 89.8 cm³/mol. The van der Waals surface area contributed by atoms with E-state index in [9.17, 15) is 0 Å². The van der Waals surface area contributed by atoms with Gasteiger partial charge >= 0.3 is 0 Å². The Bertz CT molecular complexity index is 406. The van der Waals surface area contributed by atoms with Gasteiger partial charge in [-0.1, -0.05) is 47.0 Å². The van der Waals surface area contributed by atoms with Gasteiger partial charge in [-0.3, -0.25) is 4.90 Å². The van der Waals surface area contributed by atoms with Crippen LogP contribution in [-0.2, 0) is 0 Å². The summed E-state index contributed by atoms with van der Waals surface area (Å²) in [6.45, 7) is 6.05. The van der Waals surface area contributed by atoms with Crippen LogP contribution in [0.5, 0.6) is 0 Å². The molecule has 1 aromatic carbocycles. The number of alkyl halides is 1. The number of benzene rings is 1. The Hall–Kier alpha value is -0.540. The summed E-state index contributed by atoms with van der Waals surface area (Å²) in [7, 11) is 0. The van der Waals surface area contributed by atoms with Crippen LogP contribution in [-0.4, -0.2) is 43.0 Å². The maximum absolute atomic E-state index is 3.77. The number of nitrogens with zero attached hydrogens (tertiary/aromatic N) is 2. The molecule has 1 saturated carbocycles. The van der Waals surface area contributed by atoms with Crippen LogP contribution in [0.15, 0.2) is 30.3 Å². The number of rotatable bonds is 4. The first-order chi connectivity index (χ1) is 9.81. The smallest absolute Gasteiger partial charge is 0.0367 e. The summed E-state index contributed by atoms with van der Waals surface area (Å²) >= 11 is 3.77. The lowest BCUT2D eigenvalue weighted by atomic mass is 9.88. The van der Waals surface area contributed by atoms with E-state index in [4.69, 9.17) is 0 Å². The highest BCUT2D eigenvalue weighted by Gasteiger charge is 2.35. The standard InChI is InChI=1S/C17H25BrN2/c18-14-17(8-4-5-9-17)15-19-10-12-20(13-11-19)16-6-2-1-3-7-16/h1-3,6-7H,4-5,8-15H2. The lowest BCUT2D eigenvalue weighted by molar-refractivity contribution is 0.164. The average Bonchev–Trinajstić information content (AvgIpc) is 2.98. The first kappa shape index (κ1) is 14.4. The molecule has 110 valence electrons. The molecule has 1 aliphatic carbocycles. The van der Waals surface area contributed by atoms with Crippen molar-refractivity contribution in [3.05, 3.63) is 30.3 Å². The van der Waals surface area contributed by atoms with Crippen LogP contribution in [0.3, 0.4) is 0 Å². The van der Waals surface area contributed by atoms with E-state index in [1.807, 2.05) is 0 Å². The van der Waals surface area contributed by atoms with Crippen molar-refractivity contribution in [3.63, 3.8) is 0 Å². The minimum absolute atomic E-state index is 0.564. The normalized spacial score (nSPS) is 23.1. The first-order valence-corrected chi connectivity index (χ1v) is 9.02. The zero-order valence-corrected chi connectivity index (χ0v) is 13.8. The second-order valence-electron chi connectivity index (χ2n) is 6.44. The molecule has 1 heterocycles. The molecule has 0 radical (unpaired) electrons. The summed E-state index contributed by atoms with van der Waals surface area (Å²) in [5, 5.41) is 1.18. The molecule has 0 aromatic heterocycles. The van der Waals surface area contributed by atoms with Gasteiger partial charge in [0.05, 0.1) is 0 Å². The zero-order valence-electron chi connectivity index (χ0n) is 12.2. The Morgan fingerprint density at radius 1 is 0.950 bits per heavy atom. The molecular weight excluding hydrogens is 312 g/mol. The van der Waals surface area contributed by atoms with Crippen molar-refractivity contribution in [1.82, 2.24) is 4.90 Å². The van der Waals surface area contributed by atoms with E-state index in [0.29, 0.717) is 5.41 Å². The highest BCUT2D eigenvalue weighted by Crippen LogP contribution is 2.40. The van der Waals surface area contributed by atoms with Gasteiger partial charge in [0, 0.05) is 43.7 Å². The number of para-hydroxylation sites is 1. The third-order valence-electron chi connectivity index (χ3n) is 5.00. The van der Waals surface area contributed by atoms with E-state index in [2.05, 4.69) is 56.1 Å². The van der Waals surface area contributed by atoms with Crippen molar-refractivity contribution < 1.29 is 0 Å². The molecule has 0 atom stereocenters. The van der Waals surface area contributed by atoms with Crippen molar-refractivity contribution in [2.75, 3.05) is 43.0 Å². The summed E-state index contributed by atoms with van der Waals surface area (Å²) in [4.78, 5) is 5.21. The zero-order chi connectivity index (χ0) is 13.8. The van der Waals surface area contributed by atoms with Crippen molar-refractivity contribution in [3.8, 4) is 0 Å². The molecule has 1 saturated heterocycles. The molecule has 2 aliphatic rings. The van der Waals surface area contributed by atoms with Crippen LogP contribution >= 0.6 is 15.9 Å². The number of hydrogen-bond donors (Lipinski definition) is 0. The SMILES string of the molecule is BrCC1(CN2CCN(c3ccccc3)CC2)CCCC1. The Kier molecular flexibility index (Phi) is 4.67. The number of piperazine rings is 1. The molecule has 0 unspecified atom stereocenters. The fraction of sp³-hybridized carbons (Fsp3) is 0.647. The summed E-state index contributed by atoms with van der Waals surface area (Å²) in [5.74, 6) is 0. The lowest BCUT2D eigenvalue weighted by Crippen LogP contribution is -2.50. The second kappa shape index (κ2) is 6.48. The van der Waals surface area contributed by atoms with E-state index in [1.54, 1.807) is 0 Å². The number of anilines is 1.